The smallest absolute Gasteiger partial charge is 0.288 e. The summed E-state index contributed by atoms with van der Waals surface area (Å²) in [5, 5.41) is 6.12. The SMILES string of the molecule is Cc1c(C(=O)N[C@H](c2ccccc2)c2cccs2)oc2ccccc12. The van der Waals surface area contributed by atoms with Gasteiger partial charge in [0.2, 0.25) is 0 Å². The summed E-state index contributed by atoms with van der Waals surface area (Å²) >= 11 is 1.63. The molecule has 1 N–H and O–H groups in total. The van der Waals surface area contributed by atoms with E-state index in [1.165, 1.54) is 0 Å². The van der Waals surface area contributed by atoms with E-state index in [4.69, 9.17) is 4.42 Å². The van der Waals surface area contributed by atoms with Crippen LogP contribution in [0.15, 0.2) is 76.5 Å². The summed E-state index contributed by atoms with van der Waals surface area (Å²) in [7, 11) is 0. The number of furan rings is 1. The van der Waals surface area contributed by atoms with Gasteiger partial charge in [-0.2, -0.15) is 0 Å². The minimum atomic E-state index is -0.198. The normalized spacial score (nSPS) is 12.2. The van der Waals surface area contributed by atoms with Crippen LogP contribution in [0.4, 0.5) is 0 Å². The fourth-order valence-corrected chi connectivity index (χ4v) is 3.81. The second kappa shape index (κ2) is 6.57. The van der Waals surface area contributed by atoms with Crippen molar-refractivity contribution < 1.29 is 9.21 Å². The van der Waals surface area contributed by atoms with Gasteiger partial charge >= 0.3 is 0 Å². The maximum absolute atomic E-state index is 12.9. The summed E-state index contributed by atoms with van der Waals surface area (Å²) < 4.78 is 5.81. The van der Waals surface area contributed by atoms with Gasteiger partial charge in [-0.25, -0.2) is 0 Å². The van der Waals surface area contributed by atoms with Crippen molar-refractivity contribution in [2.24, 2.45) is 0 Å². The highest BCUT2D eigenvalue weighted by Crippen LogP contribution is 2.29. The molecule has 0 aliphatic rings. The highest BCUT2D eigenvalue weighted by atomic mass is 32.1. The molecule has 4 rings (SSSR count). The van der Waals surface area contributed by atoms with E-state index in [9.17, 15) is 4.79 Å². The molecule has 4 aromatic rings. The van der Waals surface area contributed by atoms with Crippen LogP contribution in [0.5, 0.6) is 0 Å². The van der Waals surface area contributed by atoms with Crippen LogP contribution in [-0.4, -0.2) is 5.91 Å². The van der Waals surface area contributed by atoms with E-state index in [2.05, 4.69) is 5.32 Å². The molecule has 2 aromatic heterocycles. The lowest BCUT2D eigenvalue weighted by Gasteiger charge is -2.17. The van der Waals surface area contributed by atoms with Crippen molar-refractivity contribution in [1.29, 1.82) is 0 Å². The zero-order valence-electron chi connectivity index (χ0n) is 13.7. The van der Waals surface area contributed by atoms with Crippen molar-refractivity contribution in [2.75, 3.05) is 0 Å². The van der Waals surface area contributed by atoms with Crippen molar-refractivity contribution in [3.8, 4) is 0 Å². The van der Waals surface area contributed by atoms with Crippen LogP contribution in [0, 0.1) is 6.92 Å². The molecule has 2 aromatic carbocycles. The molecule has 0 radical (unpaired) electrons. The van der Waals surface area contributed by atoms with Gasteiger partial charge in [0, 0.05) is 15.8 Å². The van der Waals surface area contributed by atoms with Crippen LogP contribution in [0.25, 0.3) is 11.0 Å². The third kappa shape index (κ3) is 2.96. The van der Waals surface area contributed by atoms with Crippen LogP contribution >= 0.6 is 11.3 Å². The molecule has 0 spiro atoms. The number of amides is 1. The summed E-state index contributed by atoms with van der Waals surface area (Å²) in [5.41, 5.74) is 2.65. The molecule has 4 heteroatoms. The molecule has 3 nitrogen and oxygen atoms in total. The number of rotatable bonds is 4. The number of benzene rings is 2. The number of para-hydroxylation sites is 1. The van der Waals surface area contributed by atoms with Gasteiger partial charge in [-0.05, 0) is 30.0 Å². The second-order valence-electron chi connectivity index (χ2n) is 5.88. The van der Waals surface area contributed by atoms with Gasteiger partial charge in [-0.1, -0.05) is 54.6 Å². The van der Waals surface area contributed by atoms with Gasteiger partial charge in [0.25, 0.3) is 5.91 Å². The van der Waals surface area contributed by atoms with Crippen LogP contribution in [0.1, 0.15) is 32.6 Å². The second-order valence-corrected chi connectivity index (χ2v) is 6.86. The Labute approximate surface area is 149 Å². The van der Waals surface area contributed by atoms with E-state index in [1.807, 2.05) is 79.0 Å². The van der Waals surface area contributed by atoms with Gasteiger partial charge in [-0.3, -0.25) is 4.79 Å². The van der Waals surface area contributed by atoms with E-state index in [-0.39, 0.29) is 11.9 Å². The summed E-state index contributed by atoms with van der Waals surface area (Å²) in [5.74, 6) is 0.176. The number of carbonyl (C=O) groups is 1. The van der Waals surface area contributed by atoms with E-state index in [0.717, 1.165) is 27.0 Å². The molecule has 0 aliphatic heterocycles. The summed E-state index contributed by atoms with van der Waals surface area (Å²) in [6, 6.07) is 21.5. The predicted octanol–water partition coefficient (Wildman–Crippen LogP) is 5.32. The first kappa shape index (κ1) is 15.7. The maximum atomic E-state index is 12.9. The third-order valence-electron chi connectivity index (χ3n) is 4.29. The Kier molecular flexibility index (Phi) is 4.12. The van der Waals surface area contributed by atoms with Crippen molar-refractivity contribution in [3.05, 3.63) is 93.9 Å². The van der Waals surface area contributed by atoms with Crippen molar-refractivity contribution in [2.45, 2.75) is 13.0 Å². The fraction of sp³-hybridized carbons (Fsp3) is 0.0952. The first-order valence-electron chi connectivity index (χ1n) is 8.11. The summed E-state index contributed by atoms with van der Waals surface area (Å²) in [4.78, 5) is 14.0. The van der Waals surface area contributed by atoms with E-state index in [0.29, 0.717) is 5.76 Å². The first-order valence-corrected chi connectivity index (χ1v) is 8.99. The minimum Gasteiger partial charge on any atom is -0.451 e. The molecule has 2 heterocycles. The third-order valence-corrected chi connectivity index (χ3v) is 5.22. The lowest BCUT2D eigenvalue weighted by Crippen LogP contribution is -2.28. The molecule has 0 bridgehead atoms. The predicted molar refractivity (Wildman–Crippen MR) is 101 cm³/mol. The minimum absolute atomic E-state index is 0.193. The van der Waals surface area contributed by atoms with Crippen molar-refractivity contribution >= 4 is 28.2 Å². The highest BCUT2D eigenvalue weighted by molar-refractivity contribution is 7.10. The number of carbonyl (C=O) groups excluding carboxylic acids is 1. The highest BCUT2D eigenvalue weighted by Gasteiger charge is 2.23. The molecule has 1 amide bonds. The van der Waals surface area contributed by atoms with Crippen LogP contribution in [0.3, 0.4) is 0 Å². The van der Waals surface area contributed by atoms with Crippen molar-refractivity contribution in [3.63, 3.8) is 0 Å². The number of fused-ring (bicyclic) bond motifs is 1. The van der Waals surface area contributed by atoms with Gasteiger partial charge < -0.3 is 9.73 Å². The first-order chi connectivity index (χ1) is 12.2. The van der Waals surface area contributed by atoms with E-state index in [1.54, 1.807) is 11.3 Å². The molecule has 25 heavy (non-hydrogen) atoms. The average Bonchev–Trinajstić information content (AvgIpc) is 3.29. The quantitative estimate of drug-likeness (QED) is 0.543. The number of thiophene rings is 1. The molecule has 1 atom stereocenters. The largest absolute Gasteiger partial charge is 0.451 e. The van der Waals surface area contributed by atoms with E-state index < -0.39 is 0 Å². The van der Waals surface area contributed by atoms with E-state index >= 15 is 0 Å². The molecule has 0 unspecified atom stereocenters. The Morgan fingerprint density at radius 2 is 1.76 bits per heavy atom. The Bertz CT molecular complexity index is 1000. The van der Waals surface area contributed by atoms with Crippen LogP contribution < -0.4 is 5.32 Å². The summed E-state index contributed by atoms with van der Waals surface area (Å²) in [6.45, 7) is 1.92. The maximum Gasteiger partial charge on any atom is 0.288 e. The van der Waals surface area contributed by atoms with Gasteiger partial charge in [0.05, 0.1) is 6.04 Å². The van der Waals surface area contributed by atoms with Gasteiger partial charge in [0.15, 0.2) is 5.76 Å². The lowest BCUT2D eigenvalue weighted by molar-refractivity contribution is 0.0917. The monoisotopic (exact) mass is 347 g/mol. The Hall–Kier alpha value is -2.85. The molecule has 0 saturated carbocycles. The summed E-state index contributed by atoms with van der Waals surface area (Å²) in [6.07, 6.45) is 0. The number of aryl methyl sites for hydroxylation is 1. The fourth-order valence-electron chi connectivity index (χ4n) is 3.01. The Morgan fingerprint density at radius 3 is 2.48 bits per heavy atom. The molecule has 0 aliphatic carbocycles. The number of nitrogens with one attached hydrogen (secondary N) is 1. The zero-order valence-corrected chi connectivity index (χ0v) is 14.5. The zero-order chi connectivity index (χ0) is 17.2. The van der Waals surface area contributed by atoms with Crippen LogP contribution in [-0.2, 0) is 0 Å². The van der Waals surface area contributed by atoms with Crippen LogP contribution in [0.2, 0.25) is 0 Å². The Balaban J connectivity index is 1.70. The molecule has 0 saturated heterocycles. The number of hydrogen-bond donors (Lipinski definition) is 1. The van der Waals surface area contributed by atoms with Gasteiger partial charge in [-0.15, -0.1) is 11.3 Å². The standard InChI is InChI=1S/C21H17NO2S/c1-14-16-10-5-6-11-17(16)24-20(14)21(23)22-19(18-12-7-13-25-18)15-8-3-2-4-9-15/h2-13,19H,1H3,(H,22,23)/t19-/m1/s1. The molecule has 124 valence electrons. The lowest BCUT2D eigenvalue weighted by atomic mass is 10.0. The molecular weight excluding hydrogens is 330 g/mol. The average molecular weight is 347 g/mol. The molecule has 0 fully saturated rings. The molecular formula is C21H17NO2S. The van der Waals surface area contributed by atoms with Crippen molar-refractivity contribution in [1.82, 2.24) is 5.32 Å². The van der Waals surface area contributed by atoms with Gasteiger partial charge in [0.1, 0.15) is 5.58 Å². The number of hydrogen-bond acceptors (Lipinski definition) is 3. The Morgan fingerprint density at radius 1 is 1.00 bits per heavy atom. The topological polar surface area (TPSA) is 42.2 Å².